The summed E-state index contributed by atoms with van der Waals surface area (Å²) in [6, 6.07) is 0.794. The fourth-order valence-corrected chi connectivity index (χ4v) is 3.59. The molecule has 0 saturated heterocycles. The number of rotatable bonds is 4. The molecule has 0 aliphatic heterocycles. The maximum absolute atomic E-state index is 4.55. The first-order valence-electron chi connectivity index (χ1n) is 7.47. The lowest BCUT2D eigenvalue weighted by atomic mass is 9.75. The molecule has 0 amide bonds. The molecule has 0 aromatic rings. The maximum atomic E-state index is 4.55. The highest BCUT2D eigenvalue weighted by Gasteiger charge is 2.31. The van der Waals surface area contributed by atoms with Crippen molar-refractivity contribution in [1.29, 1.82) is 0 Å². The third-order valence-electron chi connectivity index (χ3n) is 4.89. The highest BCUT2D eigenvalue weighted by molar-refractivity contribution is 7.80. The maximum Gasteiger partial charge on any atom is 0.00927 e. The predicted molar refractivity (Wildman–Crippen MR) is 85.5 cm³/mol. The molecule has 18 heavy (non-hydrogen) atoms. The Hall–Kier alpha value is 0.310. The molecular weight excluding hydrogens is 238 g/mol. The van der Waals surface area contributed by atoms with Crippen molar-refractivity contribution in [2.75, 3.05) is 19.3 Å². The Morgan fingerprint density at radius 3 is 2.11 bits per heavy atom. The van der Waals surface area contributed by atoms with Crippen LogP contribution in [0.1, 0.15) is 60.3 Å². The van der Waals surface area contributed by atoms with E-state index in [1.54, 1.807) is 0 Å². The third kappa shape index (κ3) is 4.77. The van der Waals surface area contributed by atoms with Crippen molar-refractivity contribution in [2.24, 2.45) is 16.7 Å². The molecule has 1 aliphatic rings. The summed E-state index contributed by atoms with van der Waals surface area (Å²) >= 11 is 4.55. The van der Waals surface area contributed by atoms with Crippen LogP contribution in [0.25, 0.3) is 0 Å². The van der Waals surface area contributed by atoms with E-state index in [2.05, 4.69) is 59.2 Å². The molecule has 0 spiro atoms. The van der Waals surface area contributed by atoms with E-state index in [0.29, 0.717) is 16.7 Å². The second kappa shape index (κ2) is 6.17. The Labute approximate surface area is 120 Å². The Bertz CT molecular complexity index is 244. The van der Waals surface area contributed by atoms with Gasteiger partial charge >= 0.3 is 0 Å². The monoisotopic (exact) mass is 271 g/mol. The molecule has 0 bridgehead atoms. The summed E-state index contributed by atoms with van der Waals surface area (Å²) in [6.07, 6.45) is 5.49. The molecular formula is C16H33NS. The van der Waals surface area contributed by atoms with Crippen molar-refractivity contribution >= 4 is 12.6 Å². The van der Waals surface area contributed by atoms with Crippen molar-refractivity contribution < 1.29 is 0 Å². The first kappa shape index (κ1) is 16.4. The van der Waals surface area contributed by atoms with Crippen LogP contribution in [0.5, 0.6) is 0 Å². The lowest BCUT2D eigenvalue weighted by Gasteiger charge is -2.41. The first-order valence-corrected chi connectivity index (χ1v) is 8.10. The predicted octanol–water partition coefficient (Wildman–Crippen LogP) is 4.48. The number of hydrogen-bond acceptors (Lipinski definition) is 2. The number of hydrogen-bond donors (Lipinski definition) is 1. The van der Waals surface area contributed by atoms with Crippen LogP contribution in [-0.4, -0.2) is 30.3 Å². The Kier molecular flexibility index (Phi) is 5.61. The van der Waals surface area contributed by atoms with Gasteiger partial charge in [-0.3, -0.25) is 0 Å². The van der Waals surface area contributed by atoms with E-state index in [4.69, 9.17) is 0 Å². The van der Waals surface area contributed by atoms with Gasteiger partial charge in [0.25, 0.3) is 0 Å². The van der Waals surface area contributed by atoms with Crippen LogP contribution in [0, 0.1) is 16.7 Å². The smallest absolute Gasteiger partial charge is 0.00927 e. The van der Waals surface area contributed by atoms with Gasteiger partial charge in [0.15, 0.2) is 0 Å². The molecule has 0 radical (unpaired) electrons. The highest BCUT2D eigenvalue weighted by atomic mass is 32.1. The minimum absolute atomic E-state index is 0.365. The zero-order valence-electron chi connectivity index (χ0n) is 13.3. The average Bonchev–Trinajstić information content (AvgIpc) is 2.23. The van der Waals surface area contributed by atoms with Gasteiger partial charge in [-0.05, 0) is 55.2 Å². The lowest BCUT2D eigenvalue weighted by molar-refractivity contribution is 0.0957. The molecule has 0 aromatic heterocycles. The van der Waals surface area contributed by atoms with Gasteiger partial charge in [-0.1, -0.05) is 34.6 Å². The third-order valence-corrected chi connectivity index (χ3v) is 5.33. The molecule has 0 aromatic carbocycles. The lowest BCUT2D eigenvalue weighted by Crippen LogP contribution is -2.42. The van der Waals surface area contributed by atoms with Crippen LogP contribution in [-0.2, 0) is 0 Å². The molecule has 2 heteroatoms. The van der Waals surface area contributed by atoms with Crippen molar-refractivity contribution in [1.82, 2.24) is 4.90 Å². The highest BCUT2D eigenvalue weighted by Crippen LogP contribution is 2.37. The van der Waals surface area contributed by atoms with Gasteiger partial charge in [0.1, 0.15) is 0 Å². The van der Waals surface area contributed by atoms with E-state index in [-0.39, 0.29) is 0 Å². The van der Waals surface area contributed by atoms with Crippen LogP contribution in [0.4, 0.5) is 0 Å². The molecule has 1 aliphatic carbocycles. The van der Waals surface area contributed by atoms with E-state index in [9.17, 15) is 0 Å². The van der Waals surface area contributed by atoms with Crippen LogP contribution < -0.4 is 0 Å². The second-order valence-electron chi connectivity index (χ2n) is 8.08. The van der Waals surface area contributed by atoms with E-state index in [1.807, 2.05) is 0 Å². The van der Waals surface area contributed by atoms with Crippen molar-refractivity contribution in [3.8, 4) is 0 Å². The molecule has 1 saturated carbocycles. The van der Waals surface area contributed by atoms with Gasteiger partial charge in [0.05, 0.1) is 0 Å². The molecule has 1 rings (SSSR count). The van der Waals surface area contributed by atoms with Crippen LogP contribution in [0.3, 0.4) is 0 Å². The first-order chi connectivity index (χ1) is 8.15. The van der Waals surface area contributed by atoms with E-state index < -0.39 is 0 Å². The van der Waals surface area contributed by atoms with Crippen LogP contribution in [0.15, 0.2) is 0 Å². The molecule has 1 fully saturated rings. The minimum Gasteiger partial charge on any atom is -0.303 e. The summed E-state index contributed by atoms with van der Waals surface area (Å²) in [5, 5.41) is 0. The van der Waals surface area contributed by atoms with Crippen molar-refractivity contribution in [3.63, 3.8) is 0 Å². The topological polar surface area (TPSA) is 3.24 Å². The summed E-state index contributed by atoms with van der Waals surface area (Å²) in [5.74, 6) is 1.67. The SMILES string of the molecule is CN(CC(CS)C(C)(C)C)C1CCC(C)(C)CC1. The molecule has 1 unspecified atom stereocenters. The van der Waals surface area contributed by atoms with Gasteiger partial charge in [-0.15, -0.1) is 0 Å². The molecule has 1 atom stereocenters. The number of nitrogens with zero attached hydrogens (tertiary/aromatic N) is 1. The van der Waals surface area contributed by atoms with E-state index in [1.165, 1.54) is 32.2 Å². The summed E-state index contributed by atoms with van der Waals surface area (Å²) in [7, 11) is 2.31. The molecule has 1 nitrogen and oxygen atoms in total. The van der Waals surface area contributed by atoms with Gasteiger partial charge in [0, 0.05) is 12.6 Å². The number of thiol groups is 1. The Morgan fingerprint density at radius 2 is 1.72 bits per heavy atom. The summed E-state index contributed by atoms with van der Waals surface area (Å²) in [6.45, 7) is 13.0. The largest absolute Gasteiger partial charge is 0.303 e. The standard InChI is InChI=1S/C16H33NS/c1-15(2,3)13(12-18)11-17(6)14-7-9-16(4,5)10-8-14/h13-14,18H,7-12H2,1-6H3. The van der Waals surface area contributed by atoms with Crippen molar-refractivity contribution in [2.45, 2.75) is 66.3 Å². The molecule has 0 heterocycles. The minimum atomic E-state index is 0.365. The summed E-state index contributed by atoms with van der Waals surface area (Å²) in [4.78, 5) is 2.60. The Balaban J connectivity index is 2.48. The van der Waals surface area contributed by atoms with Gasteiger partial charge in [-0.25, -0.2) is 0 Å². The van der Waals surface area contributed by atoms with Gasteiger partial charge < -0.3 is 4.90 Å². The normalized spacial score (nSPS) is 23.3. The van der Waals surface area contributed by atoms with Crippen LogP contribution >= 0.6 is 12.6 Å². The van der Waals surface area contributed by atoms with Crippen molar-refractivity contribution in [3.05, 3.63) is 0 Å². The fraction of sp³-hybridized carbons (Fsp3) is 1.00. The quantitative estimate of drug-likeness (QED) is 0.738. The van der Waals surface area contributed by atoms with Gasteiger partial charge in [-0.2, -0.15) is 12.6 Å². The zero-order valence-corrected chi connectivity index (χ0v) is 14.2. The Morgan fingerprint density at radius 1 is 1.22 bits per heavy atom. The van der Waals surface area contributed by atoms with E-state index >= 15 is 0 Å². The fourth-order valence-electron chi connectivity index (χ4n) is 2.93. The molecule has 0 N–H and O–H groups in total. The van der Waals surface area contributed by atoms with Gasteiger partial charge in [0.2, 0.25) is 0 Å². The van der Waals surface area contributed by atoms with E-state index in [0.717, 1.165) is 11.8 Å². The molecule has 108 valence electrons. The van der Waals surface area contributed by atoms with Crippen LogP contribution in [0.2, 0.25) is 0 Å². The zero-order chi connectivity index (χ0) is 14.0. The average molecular weight is 272 g/mol. The second-order valence-corrected chi connectivity index (χ2v) is 8.45. The summed E-state index contributed by atoms with van der Waals surface area (Å²) in [5.41, 5.74) is 0.939. The summed E-state index contributed by atoms with van der Waals surface area (Å²) < 4.78 is 0.